The number of allylic oxidation sites excluding steroid dienone is 2. The number of hydrogen-bond donors (Lipinski definition) is 0. The summed E-state index contributed by atoms with van der Waals surface area (Å²) in [4.78, 5) is 12.1. The second kappa shape index (κ2) is 8.39. The van der Waals surface area contributed by atoms with Gasteiger partial charge in [-0.3, -0.25) is 4.79 Å². The van der Waals surface area contributed by atoms with Crippen molar-refractivity contribution in [3.63, 3.8) is 0 Å². The summed E-state index contributed by atoms with van der Waals surface area (Å²) in [5.41, 5.74) is 0.548. The molecule has 0 saturated carbocycles. The largest absolute Gasteiger partial charge is 0.291 e. The molecule has 104 valence electrons. The Morgan fingerprint density at radius 2 is 1.84 bits per heavy atom. The van der Waals surface area contributed by atoms with Gasteiger partial charge in [0, 0.05) is 12.0 Å². The number of benzene rings is 1. The Morgan fingerprint density at radius 1 is 1.16 bits per heavy atom. The smallest absolute Gasteiger partial charge is 0.199 e. The fourth-order valence-electron chi connectivity index (χ4n) is 1.75. The molecule has 1 nitrogen and oxygen atoms in total. The van der Waals surface area contributed by atoms with Crippen molar-refractivity contribution in [2.24, 2.45) is 0 Å². The molecule has 0 aliphatic heterocycles. The van der Waals surface area contributed by atoms with Crippen molar-refractivity contribution in [3.05, 3.63) is 48.0 Å². The van der Waals surface area contributed by atoms with Crippen molar-refractivity contribution in [3.8, 4) is 0 Å². The molecule has 0 bridgehead atoms. The second-order valence-corrected chi connectivity index (χ2v) is 6.05. The summed E-state index contributed by atoms with van der Waals surface area (Å²) in [6, 6.07) is 8.92. The molecular formula is C16H20Cl2O. The van der Waals surface area contributed by atoms with Gasteiger partial charge in [-0.05, 0) is 12.8 Å². The highest BCUT2D eigenvalue weighted by Gasteiger charge is 2.32. The molecule has 0 aliphatic rings. The highest BCUT2D eigenvalue weighted by molar-refractivity contribution is 6.60. The molecule has 0 saturated heterocycles. The van der Waals surface area contributed by atoms with Crippen molar-refractivity contribution < 1.29 is 4.79 Å². The topological polar surface area (TPSA) is 17.1 Å². The Kier molecular flexibility index (Phi) is 7.19. The van der Waals surface area contributed by atoms with E-state index in [1.54, 1.807) is 24.3 Å². The normalized spacial score (nSPS) is 11.9. The lowest BCUT2D eigenvalue weighted by atomic mass is 10.1. The quantitative estimate of drug-likeness (QED) is 0.265. The molecule has 0 fully saturated rings. The van der Waals surface area contributed by atoms with Gasteiger partial charge in [-0.1, -0.05) is 85.5 Å². The van der Waals surface area contributed by atoms with E-state index in [2.05, 4.69) is 6.92 Å². The van der Waals surface area contributed by atoms with Gasteiger partial charge in [-0.15, -0.1) is 0 Å². The molecule has 0 radical (unpaired) electrons. The summed E-state index contributed by atoms with van der Waals surface area (Å²) in [6.45, 7) is 2.17. The number of Topliss-reactive ketones (excluding diaryl/α,β-unsaturated/α-hetero) is 1. The van der Waals surface area contributed by atoms with Crippen LogP contribution in [-0.4, -0.2) is 10.1 Å². The van der Waals surface area contributed by atoms with Gasteiger partial charge in [0.05, 0.1) is 0 Å². The van der Waals surface area contributed by atoms with Crippen LogP contribution in [0.3, 0.4) is 0 Å². The molecule has 0 N–H and O–H groups in total. The minimum absolute atomic E-state index is 0.241. The fourth-order valence-corrected chi connectivity index (χ4v) is 2.15. The van der Waals surface area contributed by atoms with E-state index < -0.39 is 4.33 Å². The van der Waals surface area contributed by atoms with Crippen LogP contribution < -0.4 is 0 Å². The summed E-state index contributed by atoms with van der Waals surface area (Å²) >= 11 is 12.3. The second-order valence-electron chi connectivity index (χ2n) is 4.57. The number of halogens is 2. The van der Waals surface area contributed by atoms with Crippen LogP contribution in [0.1, 0.15) is 49.4 Å². The van der Waals surface area contributed by atoms with E-state index in [4.69, 9.17) is 23.2 Å². The van der Waals surface area contributed by atoms with E-state index in [0.29, 0.717) is 12.0 Å². The minimum Gasteiger partial charge on any atom is -0.291 e. The van der Waals surface area contributed by atoms with Crippen LogP contribution in [0.4, 0.5) is 0 Å². The van der Waals surface area contributed by atoms with E-state index in [-0.39, 0.29) is 5.78 Å². The average Bonchev–Trinajstić information content (AvgIpc) is 2.43. The first-order valence-corrected chi connectivity index (χ1v) is 7.46. The third-order valence-corrected chi connectivity index (χ3v) is 3.54. The lowest BCUT2D eigenvalue weighted by Crippen LogP contribution is -2.25. The summed E-state index contributed by atoms with van der Waals surface area (Å²) < 4.78 is -1.37. The molecule has 1 aromatic carbocycles. The lowest BCUT2D eigenvalue weighted by molar-refractivity contribution is 0.0973. The molecule has 0 unspecified atom stereocenters. The van der Waals surface area contributed by atoms with Gasteiger partial charge in [0.15, 0.2) is 10.1 Å². The zero-order valence-corrected chi connectivity index (χ0v) is 12.8. The van der Waals surface area contributed by atoms with E-state index in [0.717, 1.165) is 12.8 Å². The minimum atomic E-state index is -1.37. The molecular weight excluding hydrogens is 279 g/mol. The van der Waals surface area contributed by atoms with Gasteiger partial charge in [-0.25, -0.2) is 0 Å². The molecule has 1 rings (SSSR count). The average molecular weight is 299 g/mol. The Morgan fingerprint density at radius 3 is 2.47 bits per heavy atom. The highest BCUT2D eigenvalue weighted by atomic mass is 35.5. The molecule has 0 atom stereocenters. The van der Waals surface area contributed by atoms with Gasteiger partial charge in [-0.2, -0.15) is 0 Å². The molecule has 0 amide bonds. The number of alkyl halides is 2. The maximum Gasteiger partial charge on any atom is 0.199 e. The van der Waals surface area contributed by atoms with Crippen molar-refractivity contribution in [2.45, 2.75) is 43.4 Å². The maximum atomic E-state index is 12.1. The third kappa shape index (κ3) is 5.80. The summed E-state index contributed by atoms with van der Waals surface area (Å²) in [7, 11) is 0. The Hall–Kier alpha value is -0.790. The fraction of sp³-hybridized carbons (Fsp3) is 0.438. The molecule has 19 heavy (non-hydrogen) atoms. The first kappa shape index (κ1) is 16.3. The number of ketones is 1. The third-order valence-electron chi connectivity index (χ3n) is 2.88. The Bertz CT molecular complexity index is 410. The zero-order chi connectivity index (χ0) is 14.1. The summed E-state index contributed by atoms with van der Waals surface area (Å²) in [5, 5.41) is 0. The first-order valence-electron chi connectivity index (χ1n) is 6.70. The van der Waals surface area contributed by atoms with Crippen LogP contribution >= 0.6 is 23.2 Å². The monoisotopic (exact) mass is 298 g/mol. The summed E-state index contributed by atoms with van der Waals surface area (Å²) in [6.07, 6.45) is 8.89. The SMILES string of the molecule is CCCCC/C=C/CC(Cl)(Cl)C(=O)c1ccccc1. The Labute approximate surface area is 125 Å². The molecule has 0 spiro atoms. The standard InChI is InChI=1S/C16H20Cl2O/c1-2-3-4-5-6-10-13-16(17,18)15(19)14-11-8-7-9-12-14/h6-12H,2-5,13H2,1H3/b10-6+. The molecule has 0 aromatic heterocycles. The van der Waals surface area contributed by atoms with Crippen molar-refractivity contribution >= 4 is 29.0 Å². The van der Waals surface area contributed by atoms with Crippen LogP contribution in [0.5, 0.6) is 0 Å². The maximum absolute atomic E-state index is 12.1. The van der Waals surface area contributed by atoms with E-state index in [9.17, 15) is 4.79 Å². The van der Waals surface area contributed by atoms with Gasteiger partial charge in [0.2, 0.25) is 0 Å². The molecule has 0 aliphatic carbocycles. The van der Waals surface area contributed by atoms with E-state index in [1.807, 2.05) is 18.2 Å². The van der Waals surface area contributed by atoms with Gasteiger partial charge < -0.3 is 0 Å². The highest BCUT2D eigenvalue weighted by Crippen LogP contribution is 2.30. The van der Waals surface area contributed by atoms with Gasteiger partial charge >= 0.3 is 0 Å². The van der Waals surface area contributed by atoms with Crippen LogP contribution in [0.15, 0.2) is 42.5 Å². The number of hydrogen-bond acceptors (Lipinski definition) is 1. The van der Waals surface area contributed by atoms with Crippen LogP contribution in [-0.2, 0) is 0 Å². The number of unbranched alkanes of at least 4 members (excludes halogenated alkanes) is 3. The lowest BCUT2D eigenvalue weighted by Gasteiger charge is -2.16. The zero-order valence-electron chi connectivity index (χ0n) is 11.2. The molecule has 0 heterocycles. The van der Waals surface area contributed by atoms with Crippen molar-refractivity contribution in [1.82, 2.24) is 0 Å². The molecule has 3 heteroatoms. The summed E-state index contributed by atoms with van der Waals surface area (Å²) in [5.74, 6) is -0.241. The van der Waals surface area contributed by atoms with Crippen molar-refractivity contribution in [1.29, 1.82) is 0 Å². The van der Waals surface area contributed by atoms with E-state index >= 15 is 0 Å². The number of carbonyl (C=O) groups is 1. The number of carbonyl (C=O) groups excluding carboxylic acids is 1. The van der Waals surface area contributed by atoms with Crippen molar-refractivity contribution in [2.75, 3.05) is 0 Å². The molecule has 1 aromatic rings. The van der Waals surface area contributed by atoms with Gasteiger partial charge in [0.25, 0.3) is 0 Å². The predicted octanol–water partition coefficient (Wildman–Crippen LogP) is 5.57. The number of rotatable bonds is 8. The first-order chi connectivity index (χ1) is 9.08. The van der Waals surface area contributed by atoms with Crippen LogP contribution in [0.2, 0.25) is 0 Å². The predicted molar refractivity (Wildman–Crippen MR) is 83.1 cm³/mol. The van der Waals surface area contributed by atoms with E-state index in [1.165, 1.54) is 12.8 Å². The van der Waals surface area contributed by atoms with Crippen LogP contribution in [0.25, 0.3) is 0 Å². The Balaban J connectivity index is 2.49. The van der Waals surface area contributed by atoms with Gasteiger partial charge in [0.1, 0.15) is 0 Å². The van der Waals surface area contributed by atoms with Crippen LogP contribution in [0, 0.1) is 0 Å².